The molecule has 0 radical (unpaired) electrons. The number of phenolic OH excluding ortho intramolecular Hbond substituents is 1. The lowest BCUT2D eigenvalue weighted by Gasteiger charge is -2.19. The maximum atomic E-state index is 12.3. The molecule has 0 aliphatic rings. The van der Waals surface area contributed by atoms with Crippen LogP contribution in [-0.2, 0) is 10.1 Å². The number of hydrogen-bond donors (Lipinski definition) is 2. The summed E-state index contributed by atoms with van der Waals surface area (Å²) in [7, 11) is -1.32. The molecule has 14 heteroatoms. The zero-order chi connectivity index (χ0) is 29.6. The van der Waals surface area contributed by atoms with Crippen molar-refractivity contribution in [1.82, 2.24) is 15.0 Å². The van der Waals surface area contributed by atoms with Crippen molar-refractivity contribution < 1.29 is 18.1 Å². The van der Waals surface area contributed by atoms with Gasteiger partial charge in [0.05, 0.1) is 0 Å². The predicted molar refractivity (Wildman–Crippen MR) is 160 cm³/mol. The molecule has 0 aliphatic heterocycles. The standard InChI is InChI=1S/C27H23Cl2N7O4S/c1-14-6-5-7-20-18(14)10-11-21(24(20)41(38,39)40)33-34-22-15(2)12-16-13-17(8-9-19(16)23(22)37)35(3)26-30-25(28)31-27(32-26)36(4)29/h5-13,37H,1-4H3,(H,38,39,40). The molecule has 5 aromatic rings. The van der Waals surface area contributed by atoms with Crippen LogP contribution in [0.1, 0.15) is 11.1 Å². The molecule has 11 nitrogen and oxygen atoms in total. The van der Waals surface area contributed by atoms with Crippen LogP contribution in [0, 0.1) is 13.8 Å². The lowest BCUT2D eigenvalue weighted by Crippen LogP contribution is -2.16. The van der Waals surface area contributed by atoms with E-state index in [1.807, 2.05) is 25.1 Å². The summed E-state index contributed by atoms with van der Waals surface area (Å²) in [6, 6.07) is 15.4. The van der Waals surface area contributed by atoms with E-state index in [4.69, 9.17) is 23.4 Å². The summed E-state index contributed by atoms with van der Waals surface area (Å²) in [5.41, 5.74) is 2.22. The molecule has 2 N–H and O–H groups in total. The molecule has 210 valence electrons. The van der Waals surface area contributed by atoms with Gasteiger partial charge in [0.15, 0.2) is 5.75 Å². The van der Waals surface area contributed by atoms with E-state index in [1.165, 1.54) is 10.5 Å². The van der Waals surface area contributed by atoms with E-state index in [2.05, 4.69) is 25.2 Å². The molecule has 0 spiro atoms. The Morgan fingerprint density at radius 1 is 0.854 bits per heavy atom. The summed E-state index contributed by atoms with van der Waals surface area (Å²) >= 11 is 12.0. The lowest BCUT2D eigenvalue weighted by atomic mass is 10.0. The van der Waals surface area contributed by atoms with Crippen molar-refractivity contribution in [2.24, 2.45) is 10.2 Å². The Bertz CT molecular complexity index is 1990. The van der Waals surface area contributed by atoms with Gasteiger partial charge in [0.2, 0.25) is 17.2 Å². The third-order valence-electron chi connectivity index (χ3n) is 6.53. The second-order valence-electron chi connectivity index (χ2n) is 9.30. The number of aryl methyl sites for hydroxylation is 2. The Balaban J connectivity index is 1.56. The van der Waals surface area contributed by atoms with Crippen LogP contribution in [0.4, 0.5) is 29.0 Å². The monoisotopic (exact) mass is 611 g/mol. The summed E-state index contributed by atoms with van der Waals surface area (Å²) in [5, 5.41) is 21.6. The minimum absolute atomic E-state index is 0.0210. The molecule has 0 amide bonds. The van der Waals surface area contributed by atoms with E-state index < -0.39 is 10.1 Å². The van der Waals surface area contributed by atoms with Crippen LogP contribution in [0.5, 0.6) is 5.75 Å². The molecule has 1 heterocycles. The van der Waals surface area contributed by atoms with Crippen molar-refractivity contribution in [2.75, 3.05) is 23.4 Å². The van der Waals surface area contributed by atoms with Crippen LogP contribution in [0.2, 0.25) is 5.28 Å². The molecule has 0 atom stereocenters. The Morgan fingerprint density at radius 3 is 2.27 bits per heavy atom. The van der Waals surface area contributed by atoms with Crippen LogP contribution in [-0.4, -0.2) is 47.1 Å². The van der Waals surface area contributed by atoms with Gasteiger partial charge in [-0.3, -0.25) is 8.97 Å². The number of hydrogen-bond acceptors (Lipinski definition) is 10. The van der Waals surface area contributed by atoms with Crippen molar-refractivity contribution in [2.45, 2.75) is 18.7 Å². The highest BCUT2D eigenvalue weighted by atomic mass is 35.5. The Kier molecular flexibility index (Phi) is 7.43. The van der Waals surface area contributed by atoms with Crippen LogP contribution in [0.3, 0.4) is 0 Å². The normalized spacial score (nSPS) is 12.0. The Morgan fingerprint density at radius 2 is 1.56 bits per heavy atom. The van der Waals surface area contributed by atoms with Crippen LogP contribution < -0.4 is 9.32 Å². The first-order chi connectivity index (χ1) is 19.3. The smallest absolute Gasteiger partial charge is 0.297 e. The van der Waals surface area contributed by atoms with Crippen molar-refractivity contribution in [3.05, 3.63) is 71.0 Å². The number of azo groups is 1. The molecule has 0 aliphatic carbocycles. The van der Waals surface area contributed by atoms with Gasteiger partial charge in [-0.1, -0.05) is 24.3 Å². The second kappa shape index (κ2) is 10.7. The molecule has 41 heavy (non-hydrogen) atoms. The lowest BCUT2D eigenvalue weighted by molar-refractivity contribution is 0.482. The number of fused-ring (bicyclic) bond motifs is 2. The molecule has 0 saturated heterocycles. The van der Waals surface area contributed by atoms with Gasteiger partial charge in [-0.25, -0.2) is 0 Å². The maximum Gasteiger partial charge on any atom is 0.297 e. The maximum absolute atomic E-state index is 12.3. The second-order valence-corrected chi connectivity index (χ2v) is 11.5. The quantitative estimate of drug-likeness (QED) is 0.116. The Labute approximate surface area is 245 Å². The molecule has 0 bridgehead atoms. The molecular weight excluding hydrogens is 589 g/mol. The minimum Gasteiger partial charge on any atom is -0.505 e. The van der Waals surface area contributed by atoms with Gasteiger partial charge in [0, 0.05) is 42.3 Å². The topological polar surface area (TPSA) is 144 Å². The van der Waals surface area contributed by atoms with Crippen LogP contribution in [0.25, 0.3) is 21.5 Å². The Hall–Kier alpha value is -4.10. The number of halogens is 2. The minimum atomic E-state index is -4.64. The first-order valence-electron chi connectivity index (χ1n) is 12.1. The molecule has 5 rings (SSSR count). The first kappa shape index (κ1) is 28.4. The summed E-state index contributed by atoms with van der Waals surface area (Å²) in [6.45, 7) is 3.58. The van der Waals surface area contributed by atoms with Crippen LogP contribution in [0.15, 0.2) is 69.7 Å². The number of benzene rings is 4. The van der Waals surface area contributed by atoms with Crippen molar-refractivity contribution >= 4 is 84.0 Å². The van der Waals surface area contributed by atoms with Gasteiger partial charge in [-0.15, -0.1) is 10.2 Å². The first-order valence-corrected chi connectivity index (χ1v) is 14.2. The average molecular weight is 612 g/mol. The van der Waals surface area contributed by atoms with E-state index in [0.717, 1.165) is 5.56 Å². The number of rotatable bonds is 6. The third kappa shape index (κ3) is 5.46. The number of phenols is 1. The summed E-state index contributed by atoms with van der Waals surface area (Å²) in [4.78, 5) is 13.8. The van der Waals surface area contributed by atoms with E-state index in [1.54, 1.807) is 56.3 Å². The summed E-state index contributed by atoms with van der Waals surface area (Å²) in [6.07, 6.45) is 0. The SMILES string of the molecule is Cc1cc2cc(N(C)c3nc(Cl)nc(N(C)Cl)n3)ccc2c(O)c1N=Nc1ccc2c(C)cccc2c1S(=O)(=O)O. The fourth-order valence-corrected chi connectivity index (χ4v) is 5.55. The van der Waals surface area contributed by atoms with E-state index in [-0.39, 0.29) is 39.2 Å². The molecule has 0 unspecified atom stereocenters. The van der Waals surface area contributed by atoms with E-state index in [0.29, 0.717) is 32.8 Å². The number of anilines is 3. The fraction of sp³-hybridized carbons (Fsp3) is 0.148. The third-order valence-corrected chi connectivity index (χ3v) is 7.80. The largest absolute Gasteiger partial charge is 0.505 e. The van der Waals surface area contributed by atoms with Crippen LogP contribution >= 0.6 is 23.4 Å². The summed E-state index contributed by atoms with van der Waals surface area (Å²) in [5.74, 6) is 0.298. The zero-order valence-corrected chi connectivity index (χ0v) is 24.5. The number of aromatic nitrogens is 3. The number of nitrogens with zero attached hydrogens (tertiary/aromatic N) is 7. The highest BCUT2D eigenvalue weighted by molar-refractivity contribution is 7.86. The number of aromatic hydroxyl groups is 1. The van der Waals surface area contributed by atoms with Gasteiger partial charge < -0.3 is 10.0 Å². The van der Waals surface area contributed by atoms with E-state index >= 15 is 0 Å². The van der Waals surface area contributed by atoms with Crippen molar-refractivity contribution in [3.8, 4) is 5.75 Å². The van der Waals surface area contributed by atoms with Crippen molar-refractivity contribution in [3.63, 3.8) is 0 Å². The van der Waals surface area contributed by atoms with E-state index in [9.17, 15) is 18.1 Å². The molecule has 0 fully saturated rings. The van der Waals surface area contributed by atoms with Gasteiger partial charge in [-0.2, -0.15) is 23.4 Å². The summed E-state index contributed by atoms with van der Waals surface area (Å²) < 4.78 is 35.9. The van der Waals surface area contributed by atoms with Gasteiger partial charge in [0.1, 0.15) is 16.3 Å². The molecule has 1 aromatic heterocycles. The highest BCUT2D eigenvalue weighted by Crippen LogP contribution is 2.41. The fourth-order valence-electron chi connectivity index (χ4n) is 4.50. The molecular formula is C27H23Cl2N7O4S. The van der Waals surface area contributed by atoms with Crippen molar-refractivity contribution in [1.29, 1.82) is 0 Å². The van der Waals surface area contributed by atoms with Gasteiger partial charge in [-0.05, 0) is 77.7 Å². The van der Waals surface area contributed by atoms with Gasteiger partial charge in [0.25, 0.3) is 10.1 Å². The highest BCUT2D eigenvalue weighted by Gasteiger charge is 2.21. The van der Waals surface area contributed by atoms with Gasteiger partial charge >= 0.3 is 0 Å². The predicted octanol–water partition coefficient (Wildman–Crippen LogP) is 7.17. The average Bonchev–Trinajstić information content (AvgIpc) is 2.91. The molecule has 4 aromatic carbocycles. The molecule has 0 saturated carbocycles. The zero-order valence-electron chi connectivity index (χ0n) is 22.2.